The third-order valence-corrected chi connectivity index (χ3v) is 3.78. The quantitative estimate of drug-likeness (QED) is 0.281. The van der Waals surface area contributed by atoms with E-state index in [1.807, 2.05) is 6.92 Å². The second kappa shape index (κ2) is 10.2. The van der Waals surface area contributed by atoms with Gasteiger partial charge in [0.25, 0.3) is 0 Å². The van der Waals surface area contributed by atoms with E-state index >= 15 is 0 Å². The van der Waals surface area contributed by atoms with Crippen LogP contribution in [0.3, 0.4) is 0 Å². The van der Waals surface area contributed by atoms with Crippen LogP contribution in [0.4, 0.5) is 5.69 Å². The highest BCUT2D eigenvalue weighted by Gasteiger charge is 2.19. The molecule has 7 heteroatoms. The Morgan fingerprint density at radius 3 is 2.04 bits per heavy atom. The van der Waals surface area contributed by atoms with Crippen molar-refractivity contribution in [3.8, 4) is 5.75 Å². The van der Waals surface area contributed by atoms with Gasteiger partial charge in [-0.2, -0.15) is 0 Å². The molecule has 148 valence electrons. The fourth-order valence-corrected chi connectivity index (χ4v) is 2.37. The summed E-state index contributed by atoms with van der Waals surface area (Å²) in [6, 6.07) is 13.6. The SMILES string of the molecule is CCOC(=O)C(CC)Oc1ccc(C(=O)c2ccc(N=NN(C)C)cc2)cc1. The molecule has 0 radical (unpaired) electrons. The first-order valence-electron chi connectivity index (χ1n) is 9.11. The van der Waals surface area contributed by atoms with Crippen LogP contribution in [0.1, 0.15) is 36.2 Å². The lowest BCUT2D eigenvalue weighted by Crippen LogP contribution is -2.28. The van der Waals surface area contributed by atoms with E-state index in [1.165, 1.54) is 0 Å². The minimum Gasteiger partial charge on any atom is -0.479 e. The van der Waals surface area contributed by atoms with Gasteiger partial charge in [-0.1, -0.05) is 12.1 Å². The van der Waals surface area contributed by atoms with Gasteiger partial charge >= 0.3 is 5.97 Å². The van der Waals surface area contributed by atoms with Crippen molar-refractivity contribution in [3.63, 3.8) is 0 Å². The van der Waals surface area contributed by atoms with E-state index < -0.39 is 12.1 Å². The molecule has 0 amide bonds. The number of hydrogen-bond acceptors (Lipinski definition) is 6. The molecule has 1 unspecified atom stereocenters. The van der Waals surface area contributed by atoms with Crippen LogP contribution in [0.15, 0.2) is 58.9 Å². The number of nitrogens with zero attached hydrogens (tertiary/aromatic N) is 3. The third-order valence-electron chi connectivity index (χ3n) is 3.78. The first-order chi connectivity index (χ1) is 13.4. The van der Waals surface area contributed by atoms with Crippen molar-refractivity contribution >= 4 is 17.4 Å². The highest BCUT2D eigenvalue weighted by atomic mass is 16.6. The highest BCUT2D eigenvalue weighted by Crippen LogP contribution is 2.20. The Morgan fingerprint density at radius 2 is 1.54 bits per heavy atom. The molecule has 0 aliphatic rings. The topological polar surface area (TPSA) is 80.6 Å². The Morgan fingerprint density at radius 1 is 0.964 bits per heavy atom. The molecule has 0 N–H and O–H groups in total. The maximum Gasteiger partial charge on any atom is 0.347 e. The zero-order chi connectivity index (χ0) is 20.5. The van der Waals surface area contributed by atoms with Gasteiger partial charge in [0.05, 0.1) is 12.3 Å². The Kier molecular flexibility index (Phi) is 7.68. The first-order valence-corrected chi connectivity index (χ1v) is 9.11. The Balaban J connectivity index is 2.06. The summed E-state index contributed by atoms with van der Waals surface area (Å²) in [7, 11) is 3.56. The zero-order valence-electron chi connectivity index (χ0n) is 16.6. The molecule has 0 spiro atoms. The predicted molar refractivity (Wildman–Crippen MR) is 106 cm³/mol. The zero-order valence-corrected chi connectivity index (χ0v) is 16.6. The number of ether oxygens (including phenoxy) is 2. The molecule has 1 atom stereocenters. The lowest BCUT2D eigenvalue weighted by molar-refractivity contribution is -0.151. The number of carbonyl (C=O) groups excluding carboxylic acids is 2. The number of esters is 1. The van der Waals surface area contributed by atoms with E-state index in [1.54, 1.807) is 74.6 Å². The average molecular weight is 383 g/mol. The Hall–Kier alpha value is -3.22. The first kappa shape index (κ1) is 21.1. The molecule has 0 bridgehead atoms. The van der Waals surface area contributed by atoms with E-state index in [2.05, 4.69) is 10.3 Å². The fraction of sp³-hybridized carbons (Fsp3) is 0.333. The summed E-state index contributed by atoms with van der Waals surface area (Å²) in [4.78, 5) is 24.5. The molecule has 0 saturated carbocycles. The van der Waals surface area contributed by atoms with Crippen LogP contribution in [-0.4, -0.2) is 43.6 Å². The summed E-state index contributed by atoms with van der Waals surface area (Å²) >= 11 is 0. The summed E-state index contributed by atoms with van der Waals surface area (Å²) in [6.07, 6.45) is -0.165. The van der Waals surface area contributed by atoms with Gasteiger partial charge in [0.1, 0.15) is 5.75 Å². The van der Waals surface area contributed by atoms with Crippen LogP contribution >= 0.6 is 0 Å². The molecule has 0 heterocycles. The van der Waals surface area contributed by atoms with E-state index in [4.69, 9.17) is 9.47 Å². The summed E-state index contributed by atoms with van der Waals surface area (Å²) in [5, 5.41) is 9.55. The van der Waals surface area contributed by atoms with Crippen molar-refractivity contribution in [1.82, 2.24) is 5.01 Å². The van der Waals surface area contributed by atoms with E-state index in [-0.39, 0.29) is 5.78 Å². The average Bonchev–Trinajstić information content (AvgIpc) is 2.71. The van der Waals surface area contributed by atoms with Gasteiger partial charge in [0.2, 0.25) is 0 Å². The molecule has 2 rings (SSSR count). The molecule has 28 heavy (non-hydrogen) atoms. The van der Waals surface area contributed by atoms with Crippen molar-refractivity contribution < 1.29 is 19.1 Å². The van der Waals surface area contributed by atoms with Gasteiger partial charge in [-0.3, -0.25) is 9.80 Å². The van der Waals surface area contributed by atoms with Crippen molar-refractivity contribution in [2.75, 3.05) is 20.7 Å². The summed E-state index contributed by atoms with van der Waals surface area (Å²) in [5.41, 5.74) is 1.74. The predicted octanol–water partition coefficient (Wildman–Crippen LogP) is 4.20. The van der Waals surface area contributed by atoms with Crippen LogP contribution in [0.5, 0.6) is 5.75 Å². The number of benzene rings is 2. The number of carbonyl (C=O) groups is 2. The number of hydrogen-bond donors (Lipinski definition) is 0. The highest BCUT2D eigenvalue weighted by molar-refractivity contribution is 6.09. The molecule has 2 aromatic carbocycles. The molecule has 0 saturated heterocycles. The smallest absolute Gasteiger partial charge is 0.347 e. The van der Waals surface area contributed by atoms with Gasteiger partial charge < -0.3 is 9.47 Å². The molecular formula is C21H25N3O4. The summed E-state index contributed by atoms with van der Waals surface area (Å²) in [6.45, 7) is 3.91. The van der Waals surface area contributed by atoms with Crippen LogP contribution in [0.2, 0.25) is 0 Å². The van der Waals surface area contributed by atoms with Gasteiger partial charge in [-0.05, 0) is 61.9 Å². The van der Waals surface area contributed by atoms with Crippen LogP contribution in [-0.2, 0) is 9.53 Å². The third kappa shape index (κ3) is 5.90. The van der Waals surface area contributed by atoms with Gasteiger partial charge in [0, 0.05) is 25.2 Å². The fourth-order valence-electron chi connectivity index (χ4n) is 2.37. The maximum absolute atomic E-state index is 12.6. The molecule has 0 aromatic heterocycles. The van der Waals surface area contributed by atoms with Crippen molar-refractivity contribution in [2.45, 2.75) is 26.4 Å². The van der Waals surface area contributed by atoms with Crippen LogP contribution in [0, 0.1) is 0 Å². The molecule has 0 aliphatic carbocycles. The summed E-state index contributed by atoms with van der Waals surface area (Å²) in [5.74, 6) is 0.00707. The van der Waals surface area contributed by atoms with Crippen molar-refractivity contribution in [2.24, 2.45) is 10.3 Å². The molecular weight excluding hydrogens is 358 g/mol. The minimum absolute atomic E-state index is 0.111. The van der Waals surface area contributed by atoms with Gasteiger partial charge in [0.15, 0.2) is 11.9 Å². The van der Waals surface area contributed by atoms with E-state index in [0.29, 0.717) is 35.6 Å². The van der Waals surface area contributed by atoms with Gasteiger partial charge in [-0.25, -0.2) is 4.79 Å². The second-order valence-corrected chi connectivity index (χ2v) is 6.20. The molecule has 0 aliphatic heterocycles. The summed E-state index contributed by atoms with van der Waals surface area (Å²) < 4.78 is 10.7. The van der Waals surface area contributed by atoms with E-state index in [9.17, 15) is 9.59 Å². The monoisotopic (exact) mass is 383 g/mol. The number of rotatable bonds is 9. The Labute approximate surface area is 164 Å². The molecule has 2 aromatic rings. The van der Waals surface area contributed by atoms with Gasteiger partial charge in [-0.15, -0.1) is 5.11 Å². The standard InChI is InChI=1S/C21H25N3O4/c1-5-19(21(26)27-6-2)28-18-13-9-16(10-14-18)20(25)15-7-11-17(12-8-15)22-23-24(3)4/h7-14,19H,5-6H2,1-4H3. The van der Waals surface area contributed by atoms with Crippen molar-refractivity contribution in [1.29, 1.82) is 0 Å². The maximum atomic E-state index is 12.6. The van der Waals surface area contributed by atoms with Crippen molar-refractivity contribution in [3.05, 3.63) is 59.7 Å². The normalized spacial score (nSPS) is 11.9. The molecule has 0 fully saturated rings. The van der Waals surface area contributed by atoms with Crippen LogP contribution < -0.4 is 4.74 Å². The Bertz CT molecular complexity index is 815. The lowest BCUT2D eigenvalue weighted by Gasteiger charge is -2.16. The lowest BCUT2D eigenvalue weighted by atomic mass is 10.0. The molecule has 7 nitrogen and oxygen atoms in total. The largest absolute Gasteiger partial charge is 0.479 e. The second-order valence-electron chi connectivity index (χ2n) is 6.20. The van der Waals surface area contributed by atoms with Crippen LogP contribution in [0.25, 0.3) is 0 Å². The minimum atomic E-state index is -0.662. The number of ketones is 1. The van der Waals surface area contributed by atoms with E-state index in [0.717, 1.165) is 0 Å².